The molecule has 0 aromatic carbocycles. The van der Waals surface area contributed by atoms with Gasteiger partial charge < -0.3 is 10.2 Å². The maximum absolute atomic E-state index is 11.6. The second-order valence-corrected chi connectivity index (χ2v) is 3.91. The highest BCUT2D eigenvalue weighted by molar-refractivity contribution is 5.78. The highest BCUT2D eigenvalue weighted by Gasteiger charge is 2.28. The minimum Gasteiger partial charge on any atom is -0.342 e. The van der Waals surface area contributed by atoms with Crippen LogP contribution in [0.5, 0.6) is 0 Å². The quantitative estimate of drug-likeness (QED) is 0.748. The molecule has 1 amide bonds. The summed E-state index contributed by atoms with van der Waals surface area (Å²) in [4.78, 5) is 13.3. The predicted octanol–water partition coefficient (Wildman–Crippen LogP) is 1.12. The summed E-state index contributed by atoms with van der Waals surface area (Å²) in [6, 6.07) is 0. The van der Waals surface area contributed by atoms with Crippen molar-refractivity contribution in [3.8, 4) is 0 Å². The molecule has 0 saturated carbocycles. The van der Waals surface area contributed by atoms with Gasteiger partial charge in [0.05, 0.1) is 13.2 Å². The molecular formula is C10H17F3N2O2. The molecule has 0 unspecified atom stereocenters. The van der Waals surface area contributed by atoms with Gasteiger partial charge in [-0.15, -0.1) is 13.2 Å². The Balaban J connectivity index is 2.04. The van der Waals surface area contributed by atoms with Crippen LogP contribution in [0.2, 0.25) is 0 Å². The van der Waals surface area contributed by atoms with Crippen molar-refractivity contribution in [3.63, 3.8) is 0 Å². The summed E-state index contributed by atoms with van der Waals surface area (Å²) in [5, 5.41) is 2.64. The van der Waals surface area contributed by atoms with Gasteiger partial charge in [-0.05, 0) is 19.3 Å². The van der Waals surface area contributed by atoms with Gasteiger partial charge in [0.1, 0.15) is 0 Å². The Morgan fingerprint density at radius 3 is 2.47 bits per heavy atom. The number of alkyl halides is 3. The van der Waals surface area contributed by atoms with Crippen LogP contribution in [0.15, 0.2) is 0 Å². The molecule has 1 N–H and O–H groups in total. The van der Waals surface area contributed by atoms with Crippen LogP contribution in [-0.4, -0.2) is 50.0 Å². The molecule has 0 atom stereocenters. The van der Waals surface area contributed by atoms with Crippen molar-refractivity contribution >= 4 is 5.91 Å². The van der Waals surface area contributed by atoms with E-state index in [4.69, 9.17) is 0 Å². The zero-order chi connectivity index (χ0) is 12.7. The van der Waals surface area contributed by atoms with Gasteiger partial charge in [0, 0.05) is 19.6 Å². The number of carbonyl (C=O) groups excluding carboxylic acids is 1. The van der Waals surface area contributed by atoms with Gasteiger partial charge in [-0.3, -0.25) is 9.53 Å². The summed E-state index contributed by atoms with van der Waals surface area (Å²) in [7, 11) is 0. The fraction of sp³-hybridized carbons (Fsp3) is 0.900. The zero-order valence-corrected chi connectivity index (χ0v) is 9.55. The predicted molar refractivity (Wildman–Crippen MR) is 55.3 cm³/mol. The number of piperidine rings is 1. The molecule has 0 aromatic heterocycles. The molecule has 1 heterocycles. The number of nitrogens with zero attached hydrogens (tertiary/aromatic N) is 1. The molecule has 0 aliphatic carbocycles. The van der Waals surface area contributed by atoms with E-state index in [1.807, 2.05) is 0 Å². The third kappa shape index (κ3) is 6.48. The lowest BCUT2D eigenvalue weighted by Crippen LogP contribution is -2.41. The van der Waals surface area contributed by atoms with Crippen LogP contribution in [-0.2, 0) is 9.53 Å². The SMILES string of the molecule is O=C(CNCCOC(F)(F)F)N1CCCCC1. The van der Waals surface area contributed by atoms with Gasteiger partial charge >= 0.3 is 6.36 Å². The number of nitrogens with one attached hydrogen (secondary N) is 1. The monoisotopic (exact) mass is 254 g/mol. The number of likely N-dealkylation sites (tertiary alicyclic amines) is 1. The second-order valence-electron chi connectivity index (χ2n) is 3.91. The molecule has 4 nitrogen and oxygen atoms in total. The minimum absolute atomic E-state index is 0.0130. The van der Waals surface area contributed by atoms with Gasteiger partial charge in [-0.2, -0.15) is 0 Å². The lowest BCUT2D eigenvalue weighted by atomic mass is 10.1. The van der Waals surface area contributed by atoms with Crippen LogP contribution in [0.25, 0.3) is 0 Å². The smallest absolute Gasteiger partial charge is 0.342 e. The van der Waals surface area contributed by atoms with Crippen molar-refractivity contribution in [1.29, 1.82) is 0 Å². The van der Waals surface area contributed by atoms with Crippen molar-refractivity contribution < 1.29 is 22.7 Å². The molecule has 0 bridgehead atoms. The average molecular weight is 254 g/mol. The Morgan fingerprint density at radius 1 is 1.24 bits per heavy atom. The first-order valence-corrected chi connectivity index (χ1v) is 5.68. The molecule has 1 saturated heterocycles. The number of amides is 1. The third-order valence-corrected chi connectivity index (χ3v) is 2.53. The molecule has 7 heteroatoms. The molecule has 100 valence electrons. The van der Waals surface area contributed by atoms with Gasteiger partial charge in [0.15, 0.2) is 0 Å². The van der Waals surface area contributed by atoms with E-state index >= 15 is 0 Å². The van der Waals surface area contributed by atoms with E-state index in [0.29, 0.717) is 0 Å². The second kappa shape index (κ2) is 6.80. The van der Waals surface area contributed by atoms with Gasteiger partial charge in [0.25, 0.3) is 0 Å². The highest BCUT2D eigenvalue weighted by Crippen LogP contribution is 2.15. The summed E-state index contributed by atoms with van der Waals surface area (Å²) in [5.74, 6) is -0.0586. The minimum atomic E-state index is -4.60. The van der Waals surface area contributed by atoms with Crippen molar-refractivity contribution in [1.82, 2.24) is 10.2 Å². The van der Waals surface area contributed by atoms with E-state index in [1.54, 1.807) is 4.90 Å². The fourth-order valence-electron chi connectivity index (χ4n) is 1.69. The van der Waals surface area contributed by atoms with E-state index in [9.17, 15) is 18.0 Å². The zero-order valence-electron chi connectivity index (χ0n) is 9.55. The molecule has 17 heavy (non-hydrogen) atoms. The molecule has 0 aromatic rings. The van der Waals surface area contributed by atoms with E-state index in [2.05, 4.69) is 10.1 Å². The third-order valence-electron chi connectivity index (χ3n) is 2.53. The molecular weight excluding hydrogens is 237 g/mol. The molecule has 1 aliphatic rings. The summed E-state index contributed by atoms with van der Waals surface area (Å²) >= 11 is 0. The van der Waals surface area contributed by atoms with Crippen LogP contribution in [0.4, 0.5) is 13.2 Å². The van der Waals surface area contributed by atoms with Gasteiger partial charge in [0.2, 0.25) is 5.91 Å². The summed E-state index contributed by atoms with van der Waals surface area (Å²) in [6.45, 7) is 1.11. The molecule has 0 radical (unpaired) electrons. The number of ether oxygens (including phenoxy) is 1. The Kier molecular flexibility index (Phi) is 5.70. The Bertz CT molecular complexity index is 240. The largest absolute Gasteiger partial charge is 0.522 e. The van der Waals surface area contributed by atoms with Crippen LogP contribution < -0.4 is 5.32 Å². The van der Waals surface area contributed by atoms with Crippen LogP contribution in [0, 0.1) is 0 Å². The van der Waals surface area contributed by atoms with Crippen molar-refractivity contribution in [2.45, 2.75) is 25.6 Å². The number of halogens is 3. The summed E-state index contributed by atoms with van der Waals surface area (Å²) < 4.78 is 38.4. The average Bonchev–Trinajstić information content (AvgIpc) is 2.28. The molecule has 1 rings (SSSR count). The van der Waals surface area contributed by atoms with Crippen molar-refractivity contribution in [2.75, 3.05) is 32.8 Å². The standard InChI is InChI=1S/C10H17F3N2O2/c11-10(12,13)17-7-4-14-8-9(16)15-5-2-1-3-6-15/h14H,1-8H2. The molecule has 1 aliphatic heterocycles. The van der Waals surface area contributed by atoms with Gasteiger partial charge in [-0.1, -0.05) is 0 Å². The summed E-state index contributed by atoms with van der Waals surface area (Å²) in [6.07, 6.45) is -1.46. The lowest BCUT2D eigenvalue weighted by Gasteiger charge is -2.26. The summed E-state index contributed by atoms with van der Waals surface area (Å²) in [5.41, 5.74) is 0. The first kappa shape index (κ1) is 14.2. The van der Waals surface area contributed by atoms with E-state index in [-0.39, 0.29) is 19.0 Å². The maximum Gasteiger partial charge on any atom is 0.522 e. The van der Waals surface area contributed by atoms with Crippen LogP contribution in [0.1, 0.15) is 19.3 Å². The van der Waals surface area contributed by atoms with Crippen LogP contribution in [0.3, 0.4) is 0 Å². The number of hydrogen-bond donors (Lipinski definition) is 1. The normalized spacial score (nSPS) is 17.2. The topological polar surface area (TPSA) is 41.6 Å². The Morgan fingerprint density at radius 2 is 1.88 bits per heavy atom. The number of carbonyl (C=O) groups is 1. The lowest BCUT2D eigenvalue weighted by molar-refractivity contribution is -0.323. The van der Waals surface area contributed by atoms with E-state index in [1.165, 1.54) is 0 Å². The van der Waals surface area contributed by atoms with Crippen LogP contribution >= 0.6 is 0 Å². The first-order valence-electron chi connectivity index (χ1n) is 5.68. The molecule has 1 fully saturated rings. The van der Waals surface area contributed by atoms with Gasteiger partial charge in [-0.25, -0.2) is 0 Å². The van der Waals surface area contributed by atoms with E-state index in [0.717, 1.165) is 32.4 Å². The fourth-order valence-corrected chi connectivity index (χ4v) is 1.69. The van der Waals surface area contributed by atoms with Crippen molar-refractivity contribution in [3.05, 3.63) is 0 Å². The maximum atomic E-state index is 11.6. The van der Waals surface area contributed by atoms with E-state index < -0.39 is 13.0 Å². The number of rotatable bonds is 5. The highest BCUT2D eigenvalue weighted by atomic mass is 19.4. The Hall–Kier alpha value is -0.820. The van der Waals surface area contributed by atoms with Crippen molar-refractivity contribution in [2.24, 2.45) is 0 Å². The Labute approximate surface area is 98.1 Å². The first-order chi connectivity index (χ1) is 7.99. The molecule has 0 spiro atoms. The number of hydrogen-bond acceptors (Lipinski definition) is 3.